The fourth-order valence-electron chi connectivity index (χ4n) is 5.54. The van der Waals surface area contributed by atoms with Crippen LogP contribution in [0.2, 0.25) is 0 Å². The molecule has 8 heteroatoms. The van der Waals surface area contributed by atoms with Crippen LogP contribution in [-0.4, -0.2) is 43.7 Å². The molecule has 0 spiro atoms. The summed E-state index contributed by atoms with van der Waals surface area (Å²) < 4.78 is 38.1. The van der Waals surface area contributed by atoms with Crippen LogP contribution in [0.15, 0.2) is 65.6 Å². The Kier molecular flexibility index (Phi) is 7.20. The Morgan fingerprint density at radius 3 is 2.36 bits per heavy atom. The van der Waals surface area contributed by atoms with Crippen LogP contribution >= 0.6 is 0 Å². The average molecular weight is 550 g/mol. The highest BCUT2D eigenvalue weighted by atomic mass is 32.3. The van der Waals surface area contributed by atoms with Gasteiger partial charge in [0, 0.05) is 25.5 Å². The van der Waals surface area contributed by atoms with Gasteiger partial charge in [-0.15, -0.1) is 0 Å². The predicted molar refractivity (Wildman–Crippen MR) is 156 cm³/mol. The zero-order chi connectivity index (χ0) is 27.8. The normalized spacial score (nSPS) is 18.9. The number of nitrogens with zero attached hydrogens (tertiary/aromatic N) is 1. The number of halogens is 1. The third-order valence-electron chi connectivity index (χ3n) is 7.76. The highest BCUT2D eigenvalue weighted by Crippen LogP contribution is 2.38. The van der Waals surface area contributed by atoms with Crippen molar-refractivity contribution in [2.45, 2.75) is 49.8 Å². The van der Waals surface area contributed by atoms with E-state index in [0.29, 0.717) is 52.1 Å². The second kappa shape index (κ2) is 10.3. The van der Waals surface area contributed by atoms with Crippen molar-refractivity contribution in [2.24, 2.45) is 5.92 Å². The van der Waals surface area contributed by atoms with Crippen molar-refractivity contribution < 1.29 is 17.9 Å². The molecule has 1 heterocycles. The quantitative estimate of drug-likeness (QED) is 0.238. The topological polar surface area (TPSA) is 95.1 Å². The summed E-state index contributed by atoms with van der Waals surface area (Å²) in [6, 6.07) is 18.3. The second-order valence-electron chi connectivity index (χ2n) is 11.2. The maximum atomic E-state index is 15.3. The van der Waals surface area contributed by atoms with Crippen molar-refractivity contribution in [2.75, 3.05) is 19.1 Å². The molecule has 3 aromatic carbocycles. The van der Waals surface area contributed by atoms with Crippen molar-refractivity contribution in [3.8, 4) is 22.5 Å². The lowest BCUT2D eigenvalue weighted by atomic mass is 9.77. The number of aromatic amines is 1. The molecule has 0 atom stereocenters. The zero-order valence-corrected chi connectivity index (χ0v) is 23.5. The maximum absolute atomic E-state index is 15.3. The molecule has 0 saturated heterocycles. The first-order valence-corrected chi connectivity index (χ1v) is 16.2. The molecule has 1 amide bonds. The molecular formula is C31H36FN3O3S. The van der Waals surface area contributed by atoms with E-state index in [2.05, 4.69) is 27.4 Å². The Labute approximate surface area is 228 Å². The maximum Gasteiger partial charge on any atom is 0.220 e. The Hall–Kier alpha value is -3.36. The van der Waals surface area contributed by atoms with Crippen LogP contribution in [0.3, 0.4) is 0 Å². The number of carbonyl (C=O) groups is 1. The van der Waals surface area contributed by atoms with Crippen LogP contribution in [0.5, 0.6) is 0 Å². The van der Waals surface area contributed by atoms with E-state index in [0.717, 1.165) is 36.8 Å². The fraction of sp³-hybridized carbons (Fsp3) is 0.355. The highest BCUT2D eigenvalue weighted by molar-refractivity contribution is 8.14. The first-order chi connectivity index (χ1) is 18.5. The van der Waals surface area contributed by atoms with Crippen molar-refractivity contribution in [1.29, 1.82) is 0 Å². The molecule has 0 radical (unpaired) electrons. The lowest BCUT2D eigenvalue weighted by Gasteiger charge is -2.33. The third-order valence-corrected chi connectivity index (χ3v) is 9.36. The number of hydrogen-bond acceptors (Lipinski definition) is 3. The van der Waals surface area contributed by atoms with Crippen molar-refractivity contribution in [3.63, 3.8) is 0 Å². The lowest BCUT2D eigenvalue weighted by Crippen LogP contribution is -2.28. The van der Waals surface area contributed by atoms with Gasteiger partial charge in [-0.1, -0.05) is 30.3 Å². The number of fused-ring (bicyclic) bond motifs is 1. The SMILES string of the molecule is CCNC(=O)CC1CCC(c2ccc(-c3ccc(-c4nc5ccc(S(C)(C)(=O)O)cc5[nH]4)c(F)c3)cc2)CC1. The Bertz CT molecular complexity index is 1570. The summed E-state index contributed by atoms with van der Waals surface area (Å²) in [7, 11) is -3.90. The number of benzene rings is 3. The largest absolute Gasteiger partial charge is 0.356 e. The third kappa shape index (κ3) is 6.12. The second-order valence-corrected chi connectivity index (χ2v) is 15.2. The lowest BCUT2D eigenvalue weighted by molar-refractivity contribution is -0.122. The first kappa shape index (κ1) is 27.2. The number of rotatable bonds is 7. The number of amides is 1. The fourth-order valence-corrected chi connectivity index (χ4v) is 6.46. The molecule has 0 unspecified atom stereocenters. The monoisotopic (exact) mass is 549 g/mol. The van der Waals surface area contributed by atoms with E-state index in [1.165, 1.54) is 24.1 Å². The molecular weight excluding hydrogens is 513 g/mol. The first-order valence-electron chi connectivity index (χ1n) is 13.5. The molecule has 0 bridgehead atoms. The standard InChI is InChI=1S/C31H36FN3O3S/c1-4-33-30(36)17-20-5-7-21(8-6-20)22-9-11-23(12-10-22)24-13-15-26(27(32)18-24)31-34-28-16-14-25(19-29(28)35-31)39(2,3,37)38/h9-16,18-21H,4-8,17H2,1-3H3,(H,33,36)(H,34,35)(H,37,38). The van der Waals surface area contributed by atoms with E-state index in [4.69, 9.17) is 0 Å². The van der Waals surface area contributed by atoms with E-state index in [-0.39, 0.29) is 5.91 Å². The minimum Gasteiger partial charge on any atom is -0.356 e. The van der Waals surface area contributed by atoms with Crippen LogP contribution < -0.4 is 5.32 Å². The molecule has 1 saturated carbocycles. The van der Waals surface area contributed by atoms with E-state index in [1.807, 2.05) is 25.1 Å². The minimum absolute atomic E-state index is 0.155. The van der Waals surface area contributed by atoms with Gasteiger partial charge < -0.3 is 10.3 Å². The summed E-state index contributed by atoms with van der Waals surface area (Å²) in [4.78, 5) is 19.8. The molecule has 39 heavy (non-hydrogen) atoms. The molecule has 6 nitrogen and oxygen atoms in total. The van der Waals surface area contributed by atoms with Crippen LogP contribution in [-0.2, 0) is 14.1 Å². The minimum atomic E-state index is -3.90. The molecule has 1 fully saturated rings. The number of aromatic nitrogens is 2. The summed E-state index contributed by atoms with van der Waals surface area (Å²) >= 11 is 0. The number of carbonyl (C=O) groups excluding carboxylic acids is 1. The summed E-state index contributed by atoms with van der Waals surface area (Å²) in [5.41, 5.74) is 4.54. The van der Waals surface area contributed by atoms with E-state index in [1.54, 1.807) is 24.3 Å². The summed E-state index contributed by atoms with van der Waals surface area (Å²) in [6.45, 7) is 2.63. The van der Waals surface area contributed by atoms with Crippen molar-refractivity contribution in [1.82, 2.24) is 15.3 Å². The van der Waals surface area contributed by atoms with E-state index in [9.17, 15) is 13.6 Å². The zero-order valence-electron chi connectivity index (χ0n) is 22.7. The molecule has 0 aliphatic heterocycles. The Morgan fingerprint density at radius 1 is 1.03 bits per heavy atom. The smallest absolute Gasteiger partial charge is 0.220 e. The van der Waals surface area contributed by atoms with Crippen LogP contribution in [0.4, 0.5) is 4.39 Å². The number of nitrogens with one attached hydrogen (secondary N) is 2. The molecule has 1 aromatic heterocycles. The molecule has 5 rings (SSSR count). The predicted octanol–water partition coefficient (Wildman–Crippen LogP) is 6.75. The van der Waals surface area contributed by atoms with E-state index >= 15 is 4.39 Å². The van der Waals surface area contributed by atoms with Crippen molar-refractivity contribution >= 4 is 26.3 Å². The molecule has 1 aliphatic carbocycles. The van der Waals surface area contributed by atoms with Gasteiger partial charge in [-0.25, -0.2) is 13.6 Å². The van der Waals surface area contributed by atoms with Gasteiger partial charge in [-0.3, -0.25) is 9.35 Å². The van der Waals surface area contributed by atoms with Gasteiger partial charge in [-0.2, -0.15) is 9.35 Å². The van der Waals surface area contributed by atoms with E-state index < -0.39 is 15.2 Å². The van der Waals surface area contributed by atoms with Gasteiger partial charge in [0.2, 0.25) is 5.91 Å². The van der Waals surface area contributed by atoms with Crippen LogP contribution in [0, 0.1) is 11.7 Å². The van der Waals surface area contributed by atoms with Gasteiger partial charge >= 0.3 is 0 Å². The summed E-state index contributed by atoms with van der Waals surface area (Å²) in [5.74, 6) is 1.09. The molecule has 206 valence electrons. The highest BCUT2D eigenvalue weighted by Gasteiger charge is 2.24. The summed E-state index contributed by atoms with van der Waals surface area (Å²) in [6.07, 6.45) is 7.53. The number of H-pyrrole nitrogens is 1. The Balaban J connectivity index is 1.29. The van der Waals surface area contributed by atoms with Gasteiger partial charge in [0.05, 0.1) is 21.5 Å². The average Bonchev–Trinajstić information content (AvgIpc) is 3.32. The molecule has 4 aromatic rings. The van der Waals surface area contributed by atoms with Gasteiger partial charge in [0.15, 0.2) is 0 Å². The van der Waals surface area contributed by atoms with Crippen LogP contribution in [0.1, 0.15) is 50.5 Å². The molecule has 1 aliphatic rings. The van der Waals surface area contributed by atoms with Crippen molar-refractivity contribution in [3.05, 3.63) is 72.0 Å². The van der Waals surface area contributed by atoms with Crippen LogP contribution in [0.25, 0.3) is 33.5 Å². The van der Waals surface area contributed by atoms with Gasteiger partial charge in [-0.05, 0) is 91.5 Å². The number of hydrogen-bond donors (Lipinski definition) is 3. The Morgan fingerprint density at radius 2 is 1.72 bits per heavy atom. The molecule has 3 N–H and O–H groups in total. The number of imidazole rings is 1. The van der Waals surface area contributed by atoms with Gasteiger partial charge in [0.25, 0.3) is 0 Å². The summed E-state index contributed by atoms with van der Waals surface area (Å²) in [5, 5.41) is 2.90. The van der Waals surface area contributed by atoms with Gasteiger partial charge in [0.1, 0.15) is 11.6 Å².